The topological polar surface area (TPSA) is 55.8 Å². The highest BCUT2D eigenvalue weighted by molar-refractivity contribution is 9.10. The molecule has 0 aliphatic heterocycles. The monoisotopic (exact) mass is 327 g/mol. The van der Waals surface area contributed by atoms with Crippen LogP contribution in [-0.4, -0.2) is 31.1 Å². The smallest absolute Gasteiger partial charge is 0.290 e. The quantitative estimate of drug-likeness (QED) is 0.818. The van der Waals surface area contributed by atoms with Crippen LogP contribution in [0.3, 0.4) is 0 Å². The number of carbonyl (C=O) groups excluding carboxylic acids is 1. The van der Waals surface area contributed by atoms with Gasteiger partial charge in [0.15, 0.2) is 10.4 Å². The lowest BCUT2D eigenvalue weighted by Gasteiger charge is -2.19. The van der Waals surface area contributed by atoms with Crippen molar-refractivity contribution in [3.8, 4) is 0 Å². The number of halogens is 1. The summed E-state index contributed by atoms with van der Waals surface area (Å²) in [6.07, 6.45) is 1.58. The maximum atomic E-state index is 12.3. The van der Waals surface area contributed by atoms with Crippen LogP contribution in [0.1, 0.15) is 16.3 Å². The minimum absolute atomic E-state index is 0.195. The molecule has 102 valence electrons. The molecule has 5 nitrogen and oxygen atoms in total. The second-order valence-electron chi connectivity index (χ2n) is 3.90. The van der Waals surface area contributed by atoms with Gasteiger partial charge in [-0.2, -0.15) is 0 Å². The van der Waals surface area contributed by atoms with E-state index in [0.717, 1.165) is 5.76 Å². The molecule has 0 bridgehead atoms. The Morgan fingerprint density at radius 1 is 1.42 bits per heavy atom. The number of nitrogens with zero attached hydrogens (tertiary/aromatic N) is 1. The Kier molecular flexibility index (Phi) is 4.81. The van der Waals surface area contributed by atoms with E-state index in [0.29, 0.717) is 24.4 Å². The molecule has 6 heteroatoms. The summed E-state index contributed by atoms with van der Waals surface area (Å²) in [4.78, 5) is 13.9. The van der Waals surface area contributed by atoms with Crippen LogP contribution in [-0.2, 0) is 11.3 Å². The lowest BCUT2D eigenvalue weighted by molar-refractivity contribution is 0.0634. The first-order valence-corrected chi connectivity index (χ1v) is 6.56. The van der Waals surface area contributed by atoms with E-state index in [1.54, 1.807) is 36.5 Å². The van der Waals surface area contributed by atoms with Gasteiger partial charge in [-0.1, -0.05) is 0 Å². The summed E-state index contributed by atoms with van der Waals surface area (Å²) in [5.41, 5.74) is 0. The number of rotatable bonds is 6. The fourth-order valence-corrected chi connectivity index (χ4v) is 1.94. The normalized spacial score (nSPS) is 10.6. The average molecular weight is 328 g/mol. The van der Waals surface area contributed by atoms with E-state index in [2.05, 4.69) is 15.9 Å². The first-order chi connectivity index (χ1) is 9.20. The molecule has 1 amide bonds. The van der Waals surface area contributed by atoms with Crippen molar-refractivity contribution in [1.29, 1.82) is 0 Å². The molecule has 0 aromatic carbocycles. The molecule has 0 aliphatic carbocycles. The van der Waals surface area contributed by atoms with Crippen LogP contribution in [0.5, 0.6) is 0 Å². The maximum Gasteiger partial charge on any atom is 0.290 e. The van der Waals surface area contributed by atoms with Crippen LogP contribution in [0.25, 0.3) is 0 Å². The summed E-state index contributed by atoms with van der Waals surface area (Å²) in [5.74, 6) is 0.809. The molecule has 0 radical (unpaired) electrons. The van der Waals surface area contributed by atoms with E-state index >= 15 is 0 Å². The zero-order valence-corrected chi connectivity index (χ0v) is 12.1. The Morgan fingerprint density at radius 3 is 2.84 bits per heavy atom. The number of methoxy groups -OCH3 is 1. The number of ether oxygens (including phenoxy) is 1. The van der Waals surface area contributed by atoms with Crippen molar-refractivity contribution in [3.63, 3.8) is 0 Å². The molecule has 2 heterocycles. The van der Waals surface area contributed by atoms with E-state index in [1.165, 1.54) is 0 Å². The number of hydrogen-bond acceptors (Lipinski definition) is 4. The molecule has 0 saturated heterocycles. The lowest BCUT2D eigenvalue weighted by atomic mass is 10.3. The summed E-state index contributed by atoms with van der Waals surface area (Å²) in [7, 11) is 1.60. The Morgan fingerprint density at radius 2 is 2.26 bits per heavy atom. The fraction of sp³-hybridized carbons (Fsp3) is 0.308. The van der Waals surface area contributed by atoms with Crippen molar-refractivity contribution in [2.24, 2.45) is 0 Å². The number of carbonyl (C=O) groups is 1. The molecule has 2 aromatic rings. The highest BCUT2D eigenvalue weighted by Crippen LogP contribution is 2.17. The molecule has 0 spiro atoms. The van der Waals surface area contributed by atoms with Gasteiger partial charge in [-0.25, -0.2) is 0 Å². The molecular weight excluding hydrogens is 314 g/mol. The molecule has 2 rings (SSSR count). The minimum Gasteiger partial charge on any atom is -0.467 e. The van der Waals surface area contributed by atoms with E-state index in [9.17, 15) is 4.79 Å². The molecule has 19 heavy (non-hydrogen) atoms. The third-order valence-corrected chi connectivity index (χ3v) is 2.99. The highest BCUT2D eigenvalue weighted by atomic mass is 79.9. The van der Waals surface area contributed by atoms with Gasteiger partial charge in [0, 0.05) is 13.7 Å². The Hall–Kier alpha value is -1.53. The number of furan rings is 2. The highest BCUT2D eigenvalue weighted by Gasteiger charge is 2.20. The van der Waals surface area contributed by atoms with Crippen LogP contribution in [0.2, 0.25) is 0 Å². The van der Waals surface area contributed by atoms with Crippen molar-refractivity contribution in [3.05, 3.63) is 46.7 Å². The van der Waals surface area contributed by atoms with Gasteiger partial charge in [-0.3, -0.25) is 4.79 Å². The van der Waals surface area contributed by atoms with Gasteiger partial charge in [0.05, 0.1) is 19.4 Å². The average Bonchev–Trinajstić information content (AvgIpc) is 3.05. The van der Waals surface area contributed by atoms with Crippen LogP contribution in [0.4, 0.5) is 0 Å². The largest absolute Gasteiger partial charge is 0.467 e. The van der Waals surface area contributed by atoms with Gasteiger partial charge in [0.25, 0.3) is 5.91 Å². The number of hydrogen-bond donors (Lipinski definition) is 0. The van der Waals surface area contributed by atoms with Gasteiger partial charge in [0.1, 0.15) is 5.76 Å². The van der Waals surface area contributed by atoms with Crippen molar-refractivity contribution < 1.29 is 18.4 Å². The van der Waals surface area contributed by atoms with Gasteiger partial charge in [-0.05, 0) is 40.2 Å². The standard InChI is InChI=1S/C13H14BrNO4/c1-17-8-6-15(9-10-3-2-7-18-10)13(16)11-4-5-12(14)19-11/h2-5,7H,6,8-9H2,1H3. The van der Waals surface area contributed by atoms with Crippen molar-refractivity contribution >= 4 is 21.8 Å². The van der Waals surface area contributed by atoms with Crippen LogP contribution < -0.4 is 0 Å². The van der Waals surface area contributed by atoms with E-state index < -0.39 is 0 Å². The van der Waals surface area contributed by atoms with Crippen molar-refractivity contribution in [1.82, 2.24) is 4.90 Å². The predicted molar refractivity (Wildman–Crippen MR) is 71.7 cm³/mol. The van der Waals surface area contributed by atoms with Gasteiger partial charge in [0.2, 0.25) is 0 Å². The SMILES string of the molecule is COCCN(Cc1ccco1)C(=O)c1ccc(Br)o1. The maximum absolute atomic E-state index is 12.3. The van der Waals surface area contributed by atoms with Gasteiger partial charge < -0.3 is 18.5 Å². The molecule has 0 aliphatic rings. The Labute approximate surface area is 119 Å². The summed E-state index contributed by atoms with van der Waals surface area (Å²) in [6.45, 7) is 1.30. The third-order valence-electron chi connectivity index (χ3n) is 2.56. The first-order valence-electron chi connectivity index (χ1n) is 5.76. The second-order valence-corrected chi connectivity index (χ2v) is 4.68. The molecule has 0 atom stereocenters. The summed E-state index contributed by atoms with van der Waals surface area (Å²) >= 11 is 3.18. The molecular formula is C13H14BrNO4. The fourth-order valence-electron chi connectivity index (χ4n) is 1.63. The molecule has 0 fully saturated rings. The molecule has 0 unspecified atom stereocenters. The molecule has 2 aromatic heterocycles. The van der Waals surface area contributed by atoms with Crippen LogP contribution in [0, 0.1) is 0 Å². The molecule has 0 N–H and O–H groups in total. The third kappa shape index (κ3) is 3.71. The summed E-state index contributed by atoms with van der Waals surface area (Å²) < 4.78 is 16.1. The van der Waals surface area contributed by atoms with E-state index in [4.69, 9.17) is 13.6 Å². The van der Waals surface area contributed by atoms with Gasteiger partial charge in [-0.15, -0.1) is 0 Å². The Balaban J connectivity index is 2.10. The van der Waals surface area contributed by atoms with Gasteiger partial charge >= 0.3 is 0 Å². The second kappa shape index (κ2) is 6.58. The number of amides is 1. The van der Waals surface area contributed by atoms with E-state index in [1.807, 2.05) is 6.07 Å². The van der Waals surface area contributed by atoms with Crippen LogP contribution >= 0.6 is 15.9 Å². The summed E-state index contributed by atoms with van der Waals surface area (Å²) in [5, 5.41) is 0. The Bertz CT molecular complexity index is 520. The predicted octanol–water partition coefficient (Wildman–Crippen LogP) is 2.92. The zero-order chi connectivity index (χ0) is 13.7. The van der Waals surface area contributed by atoms with Crippen LogP contribution in [0.15, 0.2) is 44.0 Å². The van der Waals surface area contributed by atoms with Crippen molar-refractivity contribution in [2.75, 3.05) is 20.3 Å². The lowest BCUT2D eigenvalue weighted by Crippen LogP contribution is -2.33. The first kappa shape index (κ1) is 13.9. The molecule has 0 saturated carbocycles. The zero-order valence-electron chi connectivity index (χ0n) is 10.5. The van der Waals surface area contributed by atoms with E-state index in [-0.39, 0.29) is 11.7 Å². The minimum atomic E-state index is -0.195. The summed E-state index contributed by atoms with van der Waals surface area (Å²) in [6, 6.07) is 6.94. The van der Waals surface area contributed by atoms with Crippen molar-refractivity contribution in [2.45, 2.75) is 6.54 Å².